The van der Waals surface area contributed by atoms with Gasteiger partial charge in [-0.1, -0.05) is 65.2 Å². The number of carbonyl (C=O) groups is 2. The predicted molar refractivity (Wildman–Crippen MR) is 158 cm³/mol. The van der Waals surface area contributed by atoms with Crippen LogP contribution in [0.2, 0.25) is 0 Å². The Kier molecular flexibility index (Phi) is 22.9. The molecule has 8 heteroatoms. The maximum atomic E-state index is 12.4. The van der Waals surface area contributed by atoms with Gasteiger partial charge in [0.2, 0.25) is 0 Å². The second-order valence-electron chi connectivity index (χ2n) is 11.8. The number of hydrogen-bond acceptors (Lipinski definition) is 4. The van der Waals surface area contributed by atoms with Crippen LogP contribution < -0.4 is 10.6 Å². The molecule has 0 spiro atoms. The zero-order valence-electron chi connectivity index (χ0n) is 25.6. The first-order chi connectivity index (χ1) is 18.2. The summed E-state index contributed by atoms with van der Waals surface area (Å²) in [7, 11) is 4.16. The van der Waals surface area contributed by atoms with Crippen LogP contribution in [-0.2, 0) is 9.59 Å². The summed E-state index contributed by atoms with van der Waals surface area (Å²) in [5, 5.41) is 25.2. The summed E-state index contributed by atoms with van der Waals surface area (Å²) in [6.07, 6.45) is 15.9. The lowest BCUT2D eigenvalue weighted by Crippen LogP contribution is -2.52. The summed E-state index contributed by atoms with van der Waals surface area (Å²) in [5.74, 6) is 0.179. The molecule has 2 amide bonds. The summed E-state index contributed by atoms with van der Waals surface area (Å²) in [6.45, 7) is 9.96. The molecule has 0 saturated heterocycles. The molecule has 0 saturated carbocycles. The molecular formula is C30H64N4O4+2. The third-order valence-corrected chi connectivity index (χ3v) is 7.68. The number of amides is 2. The van der Waals surface area contributed by atoms with Crippen molar-refractivity contribution in [3.05, 3.63) is 0 Å². The number of nitrogens with one attached hydrogen (secondary N) is 2. The lowest BCUT2D eigenvalue weighted by molar-refractivity contribution is -0.902. The van der Waals surface area contributed by atoms with Crippen molar-refractivity contribution in [3.8, 4) is 0 Å². The van der Waals surface area contributed by atoms with Crippen molar-refractivity contribution < 1.29 is 28.8 Å². The first-order valence-corrected chi connectivity index (χ1v) is 15.7. The third kappa shape index (κ3) is 20.7. The van der Waals surface area contributed by atoms with Crippen LogP contribution in [0.15, 0.2) is 0 Å². The second-order valence-corrected chi connectivity index (χ2v) is 11.8. The van der Waals surface area contributed by atoms with E-state index in [1.54, 1.807) is 0 Å². The molecule has 0 aliphatic carbocycles. The Hall–Kier alpha value is -1.22. The molecule has 38 heavy (non-hydrogen) atoms. The Labute approximate surface area is 234 Å². The van der Waals surface area contributed by atoms with Crippen LogP contribution in [0.5, 0.6) is 0 Å². The number of rotatable bonds is 27. The highest BCUT2D eigenvalue weighted by atomic mass is 16.3. The third-order valence-electron chi connectivity index (χ3n) is 7.68. The number of aliphatic hydroxyl groups is 2. The number of unbranched alkanes of at least 4 members (excludes halogenated alkanes) is 11. The molecule has 2 atom stereocenters. The van der Waals surface area contributed by atoms with E-state index in [1.165, 1.54) is 25.7 Å². The summed E-state index contributed by atoms with van der Waals surface area (Å²) in [6, 6.07) is 0. The molecule has 0 aromatic heterocycles. The number of hydrogen-bond donors (Lipinski definition) is 4. The molecule has 0 fully saturated rings. The molecular weight excluding hydrogens is 480 g/mol. The van der Waals surface area contributed by atoms with Crippen LogP contribution in [0.4, 0.5) is 0 Å². The van der Waals surface area contributed by atoms with Crippen LogP contribution in [-0.4, -0.2) is 111 Å². The maximum Gasteiger partial charge on any atom is 0.275 e. The Bertz CT molecular complexity index is 543. The van der Waals surface area contributed by atoms with E-state index < -0.39 is 0 Å². The van der Waals surface area contributed by atoms with Crippen LogP contribution in [0, 0.1) is 0 Å². The van der Waals surface area contributed by atoms with Crippen LogP contribution in [0.3, 0.4) is 0 Å². The summed E-state index contributed by atoms with van der Waals surface area (Å²) in [5.41, 5.74) is 0. The molecule has 0 radical (unpaired) electrons. The normalized spacial score (nSPS) is 14.6. The van der Waals surface area contributed by atoms with Crippen molar-refractivity contribution >= 4 is 11.8 Å². The number of likely N-dealkylation sites (N-methyl/N-ethyl adjacent to an activating group) is 2. The molecule has 0 aromatic carbocycles. The monoisotopic (exact) mass is 544 g/mol. The van der Waals surface area contributed by atoms with Gasteiger partial charge in [-0.2, -0.15) is 0 Å². The molecule has 0 bridgehead atoms. The molecule has 0 rings (SSSR count). The van der Waals surface area contributed by atoms with Crippen molar-refractivity contribution in [1.29, 1.82) is 0 Å². The van der Waals surface area contributed by atoms with E-state index in [0.29, 0.717) is 35.1 Å². The van der Waals surface area contributed by atoms with Gasteiger partial charge in [0.05, 0.1) is 40.4 Å². The van der Waals surface area contributed by atoms with Gasteiger partial charge < -0.3 is 29.8 Å². The zero-order chi connectivity index (χ0) is 28.5. The van der Waals surface area contributed by atoms with Gasteiger partial charge in [-0.05, 0) is 38.5 Å². The zero-order valence-corrected chi connectivity index (χ0v) is 25.6. The lowest BCUT2D eigenvalue weighted by atomic mass is 10.1. The fraction of sp³-hybridized carbons (Fsp3) is 0.933. The predicted octanol–water partition coefficient (Wildman–Crippen LogP) is 3.60. The van der Waals surface area contributed by atoms with Crippen LogP contribution >= 0.6 is 0 Å². The Morgan fingerprint density at radius 2 is 0.868 bits per heavy atom. The molecule has 0 aliphatic heterocycles. The van der Waals surface area contributed by atoms with Gasteiger partial charge >= 0.3 is 0 Å². The van der Waals surface area contributed by atoms with Crippen molar-refractivity contribution in [1.82, 2.24) is 10.6 Å². The molecule has 0 aliphatic rings. The van der Waals surface area contributed by atoms with Gasteiger partial charge in [0.25, 0.3) is 11.8 Å². The standard InChI is InChI=1S/C30H62N4O4/c1-5-7-9-15-19-31-29(37)27-33(3,23-25-35)21-17-13-11-12-14-18-22-34(4,24-26-36)28-30(38)32-20-16-10-8-6-2/h35-36H,5-28H2,1-4H3/p+2. The van der Waals surface area contributed by atoms with Gasteiger partial charge in [0.15, 0.2) is 13.1 Å². The summed E-state index contributed by atoms with van der Waals surface area (Å²) >= 11 is 0. The minimum Gasteiger partial charge on any atom is -0.391 e. The quantitative estimate of drug-likeness (QED) is 0.0938. The first kappa shape index (κ1) is 36.8. The number of nitrogens with zero attached hydrogens (tertiary/aromatic N) is 2. The molecule has 4 N–H and O–H groups in total. The molecule has 8 nitrogen and oxygen atoms in total. The van der Waals surface area contributed by atoms with Gasteiger partial charge in [-0.25, -0.2) is 0 Å². The van der Waals surface area contributed by atoms with Gasteiger partial charge in [-0.15, -0.1) is 0 Å². The summed E-state index contributed by atoms with van der Waals surface area (Å²) in [4.78, 5) is 24.8. The van der Waals surface area contributed by atoms with Crippen molar-refractivity contribution in [3.63, 3.8) is 0 Å². The van der Waals surface area contributed by atoms with E-state index in [2.05, 4.69) is 38.6 Å². The maximum absolute atomic E-state index is 12.4. The fourth-order valence-corrected chi connectivity index (χ4v) is 5.08. The van der Waals surface area contributed by atoms with E-state index in [-0.39, 0.29) is 25.0 Å². The van der Waals surface area contributed by atoms with E-state index in [1.807, 2.05) is 0 Å². The smallest absolute Gasteiger partial charge is 0.275 e. The van der Waals surface area contributed by atoms with Crippen LogP contribution in [0.1, 0.15) is 104 Å². The van der Waals surface area contributed by atoms with E-state index in [0.717, 1.165) is 90.4 Å². The largest absolute Gasteiger partial charge is 0.391 e. The fourth-order valence-electron chi connectivity index (χ4n) is 5.08. The minimum absolute atomic E-state index is 0.0895. The van der Waals surface area contributed by atoms with E-state index >= 15 is 0 Å². The molecule has 226 valence electrons. The second kappa shape index (κ2) is 23.6. The van der Waals surface area contributed by atoms with E-state index in [4.69, 9.17) is 0 Å². The van der Waals surface area contributed by atoms with Gasteiger partial charge in [-0.3, -0.25) is 9.59 Å². The summed E-state index contributed by atoms with van der Waals surface area (Å²) < 4.78 is 1.18. The van der Waals surface area contributed by atoms with Crippen molar-refractivity contribution in [2.24, 2.45) is 0 Å². The Morgan fingerprint density at radius 1 is 0.526 bits per heavy atom. The Balaban J connectivity index is 4.18. The van der Waals surface area contributed by atoms with Gasteiger partial charge in [0.1, 0.15) is 13.1 Å². The Morgan fingerprint density at radius 3 is 1.21 bits per heavy atom. The van der Waals surface area contributed by atoms with Crippen molar-refractivity contribution in [2.75, 3.05) is 79.7 Å². The number of carbonyl (C=O) groups excluding carboxylic acids is 2. The number of aliphatic hydroxyl groups excluding tert-OH is 2. The number of quaternary nitrogens is 2. The SMILES string of the molecule is CCCCCCNC(=O)C[N+](C)(CCO)CCCCCCCC[N+](C)(CCO)CC(=O)NCCCCCC. The van der Waals surface area contributed by atoms with Crippen LogP contribution in [0.25, 0.3) is 0 Å². The molecule has 0 heterocycles. The highest BCUT2D eigenvalue weighted by molar-refractivity contribution is 5.77. The lowest BCUT2D eigenvalue weighted by Gasteiger charge is -2.33. The first-order valence-electron chi connectivity index (χ1n) is 15.7. The average molecular weight is 545 g/mol. The van der Waals surface area contributed by atoms with Gasteiger partial charge in [0, 0.05) is 13.1 Å². The molecule has 2 unspecified atom stereocenters. The van der Waals surface area contributed by atoms with Crippen molar-refractivity contribution in [2.45, 2.75) is 104 Å². The highest BCUT2D eigenvalue weighted by Crippen LogP contribution is 2.12. The molecule has 0 aromatic rings. The topological polar surface area (TPSA) is 98.7 Å². The minimum atomic E-state index is 0.0895. The highest BCUT2D eigenvalue weighted by Gasteiger charge is 2.25. The van der Waals surface area contributed by atoms with E-state index in [9.17, 15) is 19.8 Å². The average Bonchev–Trinajstić information content (AvgIpc) is 2.85.